The monoisotopic (exact) mass is 476 g/mol. The molecule has 1 atom stereocenters. The van der Waals surface area contributed by atoms with E-state index in [9.17, 15) is 23.3 Å². The second kappa shape index (κ2) is 9.09. The smallest absolute Gasteiger partial charge is 0.271 e. The van der Waals surface area contributed by atoms with E-state index in [1.165, 1.54) is 53.7 Å². The minimum atomic E-state index is -3.75. The first-order valence-electron chi connectivity index (χ1n) is 9.91. The number of amides is 1. The van der Waals surface area contributed by atoms with E-state index in [-0.39, 0.29) is 34.9 Å². The lowest BCUT2D eigenvalue weighted by atomic mass is 10.2. The van der Waals surface area contributed by atoms with Crippen LogP contribution in [0.4, 0.5) is 11.4 Å². The fourth-order valence-electron chi connectivity index (χ4n) is 3.19. The molecule has 1 amide bonds. The van der Waals surface area contributed by atoms with Gasteiger partial charge in [0.15, 0.2) is 0 Å². The van der Waals surface area contributed by atoms with Gasteiger partial charge in [-0.2, -0.15) is 4.31 Å². The van der Waals surface area contributed by atoms with Crippen molar-refractivity contribution in [3.05, 3.63) is 52.6 Å². The van der Waals surface area contributed by atoms with Crippen LogP contribution in [0.1, 0.15) is 6.92 Å². The number of sulfonamides is 1. The standard InChI is InChI=1S/C19H20N6O7S/c1-13(19(26)20-14-3-2-4-15(11-14)25(27)28)32-24-18-12-16(5-6-17(18)21-22-24)33(29,30)23-7-9-31-10-8-23/h2-6,11-13H,7-10H2,1H3,(H,20,26). The van der Waals surface area contributed by atoms with Crippen LogP contribution in [-0.4, -0.2) is 71.1 Å². The molecule has 1 aliphatic rings. The van der Waals surface area contributed by atoms with Crippen molar-refractivity contribution in [2.75, 3.05) is 31.6 Å². The molecule has 2 heterocycles. The summed E-state index contributed by atoms with van der Waals surface area (Å²) < 4.78 is 32.4. The first-order valence-corrected chi connectivity index (χ1v) is 11.4. The SMILES string of the molecule is CC(On1nnc2ccc(S(=O)(=O)N3CCOCC3)cc21)C(=O)Nc1cccc([N+](=O)[O-])c1. The predicted octanol–water partition coefficient (Wildman–Crippen LogP) is 0.816. The zero-order valence-electron chi connectivity index (χ0n) is 17.4. The van der Waals surface area contributed by atoms with Crippen LogP contribution >= 0.6 is 0 Å². The third-order valence-corrected chi connectivity index (χ3v) is 6.84. The molecule has 33 heavy (non-hydrogen) atoms. The van der Waals surface area contributed by atoms with Gasteiger partial charge in [0.25, 0.3) is 11.6 Å². The second-order valence-electron chi connectivity index (χ2n) is 7.17. The summed E-state index contributed by atoms with van der Waals surface area (Å²) in [7, 11) is -3.75. The molecule has 0 saturated carbocycles. The molecule has 0 spiro atoms. The van der Waals surface area contributed by atoms with Crippen molar-refractivity contribution >= 4 is 38.3 Å². The number of nitro groups is 1. The van der Waals surface area contributed by atoms with Gasteiger partial charge in [-0.05, 0) is 36.4 Å². The van der Waals surface area contributed by atoms with E-state index in [2.05, 4.69) is 15.6 Å². The maximum absolute atomic E-state index is 12.9. The summed E-state index contributed by atoms with van der Waals surface area (Å²) in [5.74, 6) is -0.587. The molecule has 1 saturated heterocycles. The zero-order valence-corrected chi connectivity index (χ0v) is 18.3. The summed E-state index contributed by atoms with van der Waals surface area (Å²) in [5.41, 5.74) is 0.700. The quantitative estimate of drug-likeness (QED) is 0.385. The van der Waals surface area contributed by atoms with Crippen molar-refractivity contribution in [1.29, 1.82) is 0 Å². The number of nitro benzene ring substituents is 1. The predicted molar refractivity (Wildman–Crippen MR) is 115 cm³/mol. The van der Waals surface area contributed by atoms with Gasteiger partial charge in [-0.1, -0.05) is 10.9 Å². The highest BCUT2D eigenvalue weighted by Crippen LogP contribution is 2.22. The van der Waals surface area contributed by atoms with Crippen LogP contribution in [0.2, 0.25) is 0 Å². The molecule has 1 aliphatic heterocycles. The highest BCUT2D eigenvalue weighted by molar-refractivity contribution is 7.89. The van der Waals surface area contributed by atoms with Gasteiger partial charge in [0, 0.05) is 30.9 Å². The molecule has 2 aromatic carbocycles. The Bertz CT molecular complexity index is 1300. The Labute approximate surface area is 188 Å². The lowest BCUT2D eigenvalue weighted by molar-refractivity contribution is -0.384. The van der Waals surface area contributed by atoms with Crippen LogP contribution in [0.3, 0.4) is 0 Å². The third kappa shape index (κ3) is 4.76. The molecule has 1 N–H and O–H groups in total. The normalized spacial score (nSPS) is 15.8. The van der Waals surface area contributed by atoms with Gasteiger partial charge in [-0.3, -0.25) is 14.9 Å². The molecule has 0 bridgehead atoms. The molecule has 0 aliphatic carbocycles. The number of carbonyl (C=O) groups is 1. The van der Waals surface area contributed by atoms with Crippen molar-refractivity contribution in [3.8, 4) is 0 Å². The number of nitrogens with zero attached hydrogens (tertiary/aromatic N) is 5. The largest absolute Gasteiger partial charge is 0.382 e. The van der Waals surface area contributed by atoms with E-state index in [1.807, 2.05) is 0 Å². The lowest BCUT2D eigenvalue weighted by Crippen LogP contribution is -2.40. The Balaban J connectivity index is 1.52. The average Bonchev–Trinajstić information content (AvgIpc) is 3.21. The van der Waals surface area contributed by atoms with E-state index in [0.717, 1.165) is 4.85 Å². The number of nitrogens with one attached hydrogen (secondary N) is 1. The maximum atomic E-state index is 12.9. The molecule has 0 radical (unpaired) electrons. The number of fused-ring (bicyclic) bond motifs is 1. The zero-order chi connectivity index (χ0) is 23.6. The summed E-state index contributed by atoms with van der Waals surface area (Å²) in [6.07, 6.45) is -1.08. The first-order chi connectivity index (χ1) is 15.8. The number of hydrogen-bond donors (Lipinski definition) is 1. The molecule has 1 unspecified atom stereocenters. The molecule has 1 aromatic heterocycles. The van der Waals surface area contributed by atoms with Crippen molar-refractivity contribution in [1.82, 2.24) is 19.5 Å². The van der Waals surface area contributed by atoms with E-state index in [0.29, 0.717) is 18.7 Å². The molecule has 3 aromatic rings. The van der Waals surface area contributed by atoms with E-state index < -0.39 is 27.0 Å². The number of anilines is 1. The van der Waals surface area contributed by atoms with Gasteiger partial charge >= 0.3 is 0 Å². The topological polar surface area (TPSA) is 159 Å². The van der Waals surface area contributed by atoms with Gasteiger partial charge in [0.2, 0.25) is 16.1 Å². The van der Waals surface area contributed by atoms with Gasteiger partial charge < -0.3 is 14.9 Å². The average molecular weight is 476 g/mol. The van der Waals surface area contributed by atoms with Crippen molar-refractivity contribution in [3.63, 3.8) is 0 Å². The maximum Gasteiger partial charge on any atom is 0.271 e. The molecule has 4 rings (SSSR count). The molecule has 174 valence electrons. The highest BCUT2D eigenvalue weighted by Gasteiger charge is 2.27. The van der Waals surface area contributed by atoms with Crippen LogP contribution in [0, 0.1) is 10.1 Å². The Morgan fingerprint density at radius 1 is 1.24 bits per heavy atom. The summed E-state index contributed by atoms with van der Waals surface area (Å²) in [6, 6.07) is 9.79. The van der Waals surface area contributed by atoms with Crippen LogP contribution < -0.4 is 10.2 Å². The lowest BCUT2D eigenvalue weighted by Gasteiger charge is -2.26. The van der Waals surface area contributed by atoms with E-state index >= 15 is 0 Å². The van der Waals surface area contributed by atoms with Gasteiger partial charge in [0.05, 0.1) is 23.0 Å². The first kappa shape index (κ1) is 22.6. The van der Waals surface area contributed by atoms with Crippen LogP contribution in [0.5, 0.6) is 0 Å². The van der Waals surface area contributed by atoms with Gasteiger partial charge in [-0.15, -0.1) is 5.10 Å². The fraction of sp³-hybridized carbons (Fsp3) is 0.316. The van der Waals surface area contributed by atoms with Crippen molar-refractivity contribution in [2.24, 2.45) is 0 Å². The van der Waals surface area contributed by atoms with Gasteiger partial charge in [-0.25, -0.2) is 8.42 Å². The second-order valence-corrected chi connectivity index (χ2v) is 9.11. The Hall–Kier alpha value is -3.62. The minimum absolute atomic E-state index is 0.0396. The molecule has 1 fully saturated rings. The van der Waals surface area contributed by atoms with E-state index in [1.54, 1.807) is 0 Å². The van der Waals surface area contributed by atoms with Crippen molar-refractivity contribution < 1.29 is 27.7 Å². The Morgan fingerprint density at radius 3 is 2.73 bits per heavy atom. The third-order valence-electron chi connectivity index (χ3n) is 4.95. The van der Waals surface area contributed by atoms with Crippen LogP contribution in [0.15, 0.2) is 47.4 Å². The number of carbonyl (C=O) groups excluding carboxylic acids is 1. The van der Waals surface area contributed by atoms with Crippen molar-refractivity contribution in [2.45, 2.75) is 17.9 Å². The number of aromatic nitrogens is 3. The van der Waals surface area contributed by atoms with Crippen LogP contribution in [-0.2, 0) is 19.6 Å². The molecular weight excluding hydrogens is 456 g/mol. The molecule has 14 heteroatoms. The number of benzene rings is 2. The minimum Gasteiger partial charge on any atom is -0.382 e. The summed E-state index contributed by atoms with van der Waals surface area (Å²) >= 11 is 0. The Morgan fingerprint density at radius 2 is 2.00 bits per heavy atom. The van der Waals surface area contributed by atoms with E-state index in [4.69, 9.17) is 9.57 Å². The molecule has 13 nitrogen and oxygen atoms in total. The number of hydrogen-bond acceptors (Lipinski definition) is 9. The number of rotatable bonds is 7. The van der Waals surface area contributed by atoms with Gasteiger partial charge in [0.1, 0.15) is 11.0 Å². The molecular formula is C19H20N6O7S. The van der Waals surface area contributed by atoms with Crippen LogP contribution in [0.25, 0.3) is 11.0 Å². The number of morpholine rings is 1. The number of ether oxygens (including phenoxy) is 1. The summed E-state index contributed by atoms with van der Waals surface area (Å²) in [6.45, 7) is 2.60. The summed E-state index contributed by atoms with van der Waals surface area (Å²) in [4.78, 5) is 29.4. The number of non-ortho nitro benzene ring substituents is 1. The summed E-state index contributed by atoms with van der Waals surface area (Å²) in [5, 5.41) is 21.2. The fourth-order valence-corrected chi connectivity index (χ4v) is 4.62. The Kier molecular flexibility index (Phi) is 6.22. The highest BCUT2D eigenvalue weighted by atomic mass is 32.2.